The number of nitrogens with one attached hydrogen (secondary N) is 1. The summed E-state index contributed by atoms with van der Waals surface area (Å²) in [6.07, 6.45) is 9.41. The van der Waals surface area contributed by atoms with Crippen molar-refractivity contribution in [3.63, 3.8) is 0 Å². The van der Waals surface area contributed by atoms with Crippen LogP contribution in [-0.4, -0.2) is 6.54 Å². The molecule has 2 rings (SSSR count). The van der Waals surface area contributed by atoms with Crippen LogP contribution in [0.25, 0.3) is 0 Å². The number of ether oxygens (including phenoxy) is 1. The zero-order valence-electron chi connectivity index (χ0n) is 14.5. The maximum absolute atomic E-state index is 5.95. The van der Waals surface area contributed by atoms with Gasteiger partial charge in [0.25, 0.3) is 0 Å². The van der Waals surface area contributed by atoms with Crippen LogP contribution in [0.1, 0.15) is 49.8 Å². The standard InChI is InChI=1S/C22H27NO/c1-3-5-7-15-22(23-16-4-2)20-13-10-14-21(17-20)24-18-19-11-8-6-9-12-19/h1,6,8-14,17,22-23H,4-5,7,15-16,18H2,2H3. The Morgan fingerprint density at radius 1 is 1.12 bits per heavy atom. The molecule has 0 bridgehead atoms. The molecule has 0 heterocycles. The smallest absolute Gasteiger partial charge is 0.120 e. The molecule has 0 aromatic heterocycles. The molecule has 1 unspecified atom stereocenters. The summed E-state index contributed by atoms with van der Waals surface area (Å²) in [7, 11) is 0. The summed E-state index contributed by atoms with van der Waals surface area (Å²) in [6.45, 7) is 3.79. The number of benzene rings is 2. The van der Waals surface area contributed by atoms with Crippen LogP contribution in [0.2, 0.25) is 0 Å². The van der Waals surface area contributed by atoms with E-state index < -0.39 is 0 Å². The molecule has 0 saturated carbocycles. The quantitative estimate of drug-likeness (QED) is 0.485. The molecule has 0 saturated heterocycles. The van der Waals surface area contributed by atoms with Crippen molar-refractivity contribution >= 4 is 0 Å². The van der Waals surface area contributed by atoms with Crippen molar-refractivity contribution in [2.45, 2.75) is 45.3 Å². The highest BCUT2D eigenvalue weighted by Gasteiger charge is 2.11. The van der Waals surface area contributed by atoms with Gasteiger partial charge in [-0.25, -0.2) is 0 Å². The molecule has 1 N–H and O–H groups in total. The van der Waals surface area contributed by atoms with Gasteiger partial charge >= 0.3 is 0 Å². The third-order valence-electron chi connectivity index (χ3n) is 3.96. The van der Waals surface area contributed by atoms with E-state index in [9.17, 15) is 0 Å². The number of unbranched alkanes of at least 4 members (excludes halogenated alkanes) is 1. The summed E-state index contributed by atoms with van der Waals surface area (Å²) in [5.74, 6) is 3.64. The van der Waals surface area contributed by atoms with Crippen LogP contribution in [0.5, 0.6) is 5.75 Å². The monoisotopic (exact) mass is 321 g/mol. The summed E-state index contributed by atoms with van der Waals surface area (Å²) < 4.78 is 5.95. The van der Waals surface area contributed by atoms with Gasteiger partial charge in [0.15, 0.2) is 0 Å². The van der Waals surface area contributed by atoms with Gasteiger partial charge in [-0.05, 0) is 49.1 Å². The van der Waals surface area contributed by atoms with Crippen molar-refractivity contribution in [1.82, 2.24) is 5.32 Å². The lowest BCUT2D eigenvalue weighted by molar-refractivity contribution is 0.305. The lowest BCUT2D eigenvalue weighted by Crippen LogP contribution is -2.22. The Morgan fingerprint density at radius 2 is 1.96 bits per heavy atom. The molecule has 2 aromatic carbocycles. The minimum absolute atomic E-state index is 0.332. The predicted molar refractivity (Wildman–Crippen MR) is 101 cm³/mol. The molecule has 0 aliphatic heterocycles. The lowest BCUT2D eigenvalue weighted by Gasteiger charge is -2.19. The summed E-state index contributed by atoms with van der Waals surface area (Å²) in [6, 6.07) is 19.0. The van der Waals surface area contributed by atoms with Gasteiger partial charge in [0.05, 0.1) is 0 Å². The molecule has 2 nitrogen and oxygen atoms in total. The van der Waals surface area contributed by atoms with E-state index in [0.29, 0.717) is 12.6 Å². The van der Waals surface area contributed by atoms with Crippen LogP contribution in [0.15, 0.2) is 54.6 Å². The van der Waals surface area contributed by atoms with Crippen molar-refractivity contribution in [3.8, 4) is 18.1 Å². The molecule has 1 atom stereocenters. The Labute approximate surface area is 146 Å². The average Bonchev–Trinajstić information content (AvgIpc) is 2.64. The minimum Gasteiger partial charge on any atom is -0.489 e. The number of rotatable bonds is 10. The summed E-state index contributed by atoms with van der Waals surface area (Å²) in [4.78, 5) is 0. The Balaban J connectivity index is 2.00. The SMILES string of the molecule is C#CCCCC(NCCC)c1cccc(OCc2ccccc2)c1. The largest absolute Gasteiger partial charge is 0.489 e. The predicted octanol–water partition coefficient (Wildman–Crippen LogP) is 5.11. The Hall–Kier alpha value is -2.24. The van der Waals surface area contributed by atoms with Gasteiger partial charge in [-0.2, -0.15) is 0 Å². The first kappa shape index (κ1) is 18.1. The van der Waals surface area contributed by atoms with Crippen molar-refractivity contribution in [1.29, 1.82) is 0 Å². The number of hydrogen-bond acceptors (Lipinski definition) is 2. The zero-order chi connectivity index (χ0) is 17.0. The topological polar surface area (TPSA) is 21.3 Å². The summed E-state index contributed by atoms with van der Waals surface area (Å²) in [5, 5.41) is 3.62. The molecule has 0 amide bonds. The van der Waals surface area contributed by atoms with Crippen molar-refractivity contribution in [2.24, 2.45) is 0 Å². The van der Waals surface area contributed by atoms with Crippen LogP contribution < -0.4 is 10.1 Å². The van der Waals surface area contributed by atoms with E-state index in [1.54, 1.807) is 0 Å². The third-order valence-corrected chi connectivity index (χ3v) is 3.96. The second-order valence-corrected chi connectivity index (χ2v) is 5.95. The molecule has 0 spiro atoms. The van der Waals surface area contributed by atoms with Crippen molar-refractivity contribution < 1.29 is 4.74 Å². The fraction of sp³-hybridized carbons (Fsp3) is 0.364. The van der Waals surface area contributed by atoms with E-state index in [2.05, 4.69) is 48.5 Å². The first-order chi connectivity index (χ1) is 11.8. The first-order valence-corrected chi connectivity index (χ1v) is 8.77. The Kier molecular flexibility index (Phi) is 7.93. The first-order valence-electron chi connectivity index (χ1n) is 8.77. The highest BCUT2D eigenvalue weighted by Crippen LogP contribution is 2.24. The van der Waals surface area contributed by atoms with Crippen LogP contribution in [-0.2, 0) is 6.61 Å². The van der Waals surface area contributed by atoms with Crippen molar-refractivity contribution in [3.05, 3.63) is 65.7 Å². The molecule has 0 aliphatic rings. The van der Waals surface area contributed by atoms with Crippen LogP contribution in [0.4, 0.5) is 0 Å². The molecular formula is C22H27NO. The molecule has 126 valence electrons. The Morgan fingerprint density at radius 3 is 2.71 bits per heavy atom. The Bertz CT molecular complexity index is 630. The van der Waals surface area contributed by atoms with Crippen LogP contribution >= 0.6 is 0 Å². The molecule has 0 fully saturated rings. The van der Waals surface area contributed by atoms with Gasteiger partial charge in [0.1, 0.15) is 12.4 Å². The maximum atomic E-state index is 5.95. The van der Waals surface area contributed by atoms with E-state index >= 15 is 0 Å². The van der Waals surface area contributed by atoms with Crippen LogP contribution in [0, 0.1) is 12.3 Å². The van der Waals surface area contributed by atoms with Crippen LogP contribution in [0.3, 0.4) is 0 Å². The van der Waals surface area contributed by atoms with E-state index in [0.717, 1.165) is 38.0 Å². The number of hydrogen-bond donors (Lipinski definition) is 1. The third kappa shape index (κ3) is 6.10. The second-order valence-electron chi connectivity index (χ2n) is 5.95. The molecule has 0 radical (unpaired) electrons. The van der Waals surface area contributed by atoms with Gasteiger partial charge in [-0.3, -0.25) is 0 Å². The van der Waals surface area contributed by atoms with E-state index in [-0.39, 0.29) is 0 Å². The summed E-state index contributed by atoms with van der Waals surface area (Å²) in [5.41, 5.74) is 2.45. The van der Waals surface area contributed by atoms with E-state index in [1.165, 1.54) is 11.1 Å². The fourth-order valence-electron chi connectivity index (χ4n) is 2.68. The molecule has 24 heavy (non-hydrogen) atoms. The van der Waals surface area contributed by atoms with Gasteiger partial charge in [0.2, 0.25) is 0 Å². The normalized spacial score (nSPS) is 11.7. The zero-order valence-corrected chi connectivity index (χ0v) is 14.5. The average molecular weight is 321 g/mol. The van der Waals surface area contributed by atoms with E-state index in [4.69, 9.17) is 11.2 Å². The van der Waals surface area contributed by atoms with Gasteiger partial charge < -0.3 is 10.1 Å². The highest BCUT2D eigenvalue weighted by molar-refractivity contribution is 5.31. The maximum Gasteiger partial charge on any atom is 0.120 e. The summed E-state index contributed by atoms with van der Waals surface area (Å²) >= 11 is 0. The van der Waals surface area contributed by atoms with Gasteiger partial charge in [-0.1, -0.05) is 49.4 Å². The molecular weight excluding hydrogens is 294 g/mol. The highest BCUT2D eigenvalue weighted by atomic mass is 16.5. The minimum atomic E-state index is 0.332. The fourth-order valence-corrected chi connectivity index (χ4v) is 2.68. The van der Waals surface area contributed by atoms with E-state index in [1.807, 2.05) is 24.3 Å². The van der Waals surface area contributed by atoms with Crippen molar-refractivity contribution in [2.75, 3.05) is 6.54 Å². The number of terminal acetylenes is 1. The van der Waals surface area contributed by atoms with Gasteiger partial charge in [-0.15, -0.1) is 12.3 Å². The van der Waals surface area contributed by atoms with Gasteiger partial charge in [0, 0.05) is 12.5 Å². The molecule has 0 aliphatic carbocycles. The second kappa shape index (κ2) is 10.5. The lowest BCUT2D eigenvalue weighted by atomic mass is 10.0. The molecule has 2 heteroatoms. The molecule has 2 aromatic rings.